The third kappa shape index (κ3) is 984. The van der Waals surface area contributed by atoms with E-state index in [1.165, 1.54) is 0 Å². The molecule has 0 saturated heterocycles. The average Bonchev–Trinajstić information content (AvgIpc) is 1.54. The van der Waals surface area contributed by atoms with Crippen molar-refractivity contribution in [2.24, 2.45) is 0 Å². The van der Waals surface area contributed by atoms with Gasteiger partial charge < -0.3 is 27.3 Å². The van der Waals surface area contributed by atoms with Crippen molar-refractivity contribution in [3.63, 3.8) is 0 Å². The summed E-state index contributed by atoms with van der Waals surface area (Å²) in [5.41, 5.74) is 0. The summed E-state index contributed by atoms with van der Waals surface area (Å²) in [6.45, 7) is 0. The van der Waals surface area contributed by atoms with Gasteiger partial charge in [-0.15, -0.1) is 34.1 Å². The van der Waals surface area contributed by atoms with Gasteiger partial charge in [-0.3, -0.25) is 12.6 Å². The molecular formula is O9Rh2S3. The zero-order valence-electron chi connectivity index (χ0n) is 5.57. The van der Waals surface area contributed by atoms with E-state index in [0.29, 0.717) is 0 Å². The van der Waals surface area contributed by atoms with E-state index in [4.69, 9.17) is 39.9 Å². The molecule has 9 nitrogen and oxygen atoms in total. The van der Waals surface area contributed by atoms with Gasteiger partial charge in [0, 0.05) is 0 Å². The maximum absolute atomic E-state index is 8.44. The minimum Gasteiger partial charge on any atom is -0.784 e. The summed E-state index contributed by atoms with van der Waals surface area (Å²) >= 11 is -9.33. The monoisotopic (exact) mass is 446 g/mol. The molecule has 0 aliphatic rings. The van der Waals surface area contributed by atoms with Crippen LogP contribution in [0, 0.1) is 0 Å². The second kappa shape index (κ2) is 23.9. The van der Waals surface area contributed by atoms with Gasteiger partial charge >= 0.3 is 39.0 Å². The molecule has 0 bridgehead atoms. The van der Waals surface area contributed by atoms with Crippen LogP contribution in [0.2, 0.25) is 0 Å². The van der Waals surface area contributed by atoms with Crippen LogP contribution in [0.4, 0.5) is 0 Å². The maximum atomic E-state index is 8.44. The SMILES string of the molecule is O=S([O-])[O-].O=S([O-])[O-].O=S([O-])[O-].[Rh+3].[Rh+3]. The van der Waals surface area contributed by atoms with E-state index < -0.39 is 34.1 Å². The van der Waals surface area contributed by atoms with Gasteiger partial charge in [-0.05, 0) is 0 Å². The third-order valence-electron chi connectivity index (χ3n) is 0. The first-order valence-corrected chi connectivity index (χ1v) is 4.50. The zero-order chi connectivity index (χ0) is 10.7. The molecule has 0 aliphatic carbocycles. The van der Waals surface area contributed by atoms with Gasteiger partial charge in [0.2, 0.25) is 0 Å². The number of rotatable bonds is 0. The summed E-state index contributed by atoms with van der Waals surface area (Å²) in [7, 11) is 0. The first-order chi connectivity index (χ1) is 5.20. The molecule has 0 aromatic heterocycles. The molecule has 0 rings (SSSR count). The maximum Gasteiger partial charge on any atom is 3.00 e. The van der Waals surface area contributed by atoms with Gasteiger partial charge in [-0.1, -0.05) is 0 Å². The van der Waals surface area contributed by atoms with E-state index in [0.717, 1.165) is 0 Å². The topological polar surface area (TPSA) is 190 Å². The van der Waals surface area contributed by atoms with E-state index in [1.54, 1.807) is 0 Å². The van der Waals surface area contributed by atoms with E-state index in [9.17, 15) is 0 Å². The van der Waals surface area contributed by atoms with Crippen molar-refractivity contribution < 1.29 is 78.9 Å². The second-order valence-electron chi connectivity index (χ2n) is 0.612. The summed E-state index contributed by atoms with van der Waals surface area (Å²) in [6, 6.07) is 0. The van der Waals surface area contributed by atoms with Crippen LogP contribution in [0.25, 0.3) is 0 Å². The number of hydrogen-bond acceptors (Lipinski definition) is 9. The Balaban J connectivity index is -0.0000000270. The Morgan fingerprint density at radius 3 is 0.500 bits per heavy atom. The minimum atomic E-state index is -3.11. The first-order valence-electron chi connectivity index (χ1n) is 1.50. The molecule has 0 N–H and O–H groups in total. The number of hydrogen-bond donors (Lipinski definition) is 0. The fourth-order valence-electron chi connectivity index (χ4n) is 0. The van der Waals surface area contributed by atoms with Crippen molar-refractivity contribution in [1.82, 2.24) is 0 Å². The fraction of sp³-hybridized carbons (Fsp3) is 0. The van der Waals surface area contributed by atoms with E-state index >= 15 is 0 Å². The molecule has 0 aliphatic heterocycles. The molecule has 14 heavy (non-hydrogen) atoms. The average molecular weight is 446 g/mol. The molecule has 0 amide bonds. The van der Waals surface area contributed by atoms with Gasteiger partial charge in [0.05, 0.1) is 0 Å². The Bertz CT molecular complexity index is 116. The van der Waals surface area contributed by atoms with Crippen molar-refractivity contribution in [2.75, 3.05) is 0 Å². The van der Waals surface area contributed by atoms with Crippen LogP contribution in [0.3, 0.4) is 0 Å². The van der Waals surface area contributed by atoms with Gasteiger partial charge in [0.15, 0.2) is 0 Å². The van der Waals surface area contributed by atoms with Crippen molar-refractivity contribution >= 4 is 34.1 Å². The third-order valence-corrected chi connectivity index (χ3v) is 0. The molecule has 0 saturated carbocycles. The molecule has 0 unspecified atom stereocenters. The van der Waals surface area contributed by atoms with Crippen molar-refractivity contribution in [3.05, 3.63) is 0 Å². The molecule has 90 valence electrons. The van der Waals surface area contributed by atoms with Gasteiger partial charge in [-0.2, -0.15) is 0 Å². The Morgan fingerprint density at radius 2 is 0.500 bits per heavy atom. The van der Waals surface area contributed by atoms with E-state index in [-0.39, 0.29) is 39.0 Å². The van der Waals surface area contributed by atoms with Crippen molar-refractivity contribution in [2.45, 2.75) is 0 Å². The van der Waals surface area contributed by atoms with Crippen molar-refractivity contribution in [1.29, 1.82) is 0 Å². The molecule has 0 radical (unpaired) electrons. The summed E-state index contributed by atoms with van der Waals surface area (Å²) in [4.78, 5) is 0. The van der Waals surface area contributed by atoms with Crippen LogP contribution in [0.1, 0.15) is 0 Å². The standard InChI is InChI=1S/3H2O3S.2Rh/c3*1-4(2)3;;/h3*(H2,1,2,3);;/q;;;2*+3/p-6. The van der Waals surface area contributed by atoms with Crippen molar-refractivity contribution in [3.8, 4) is 0 Å². The summed E-state index contributed by atoms with van der Waals surface area (Å²) in [5, 5.41) is 0. The van der Waals surface area contributed by atoms with Crippen LogP contribution in [0.15, 0.2) is 0 Å². The van der Waals surface area contributed by atoms with Crippen LogP contribution in [-0.2, 0) is 73.0 Å². The summed E-state index contributed by atoms with van der Waals surface area (Å²) in [5.74, 6) is 0. The Labute approximate surface area is 112 Å². The first kappa shape index (κ1) is 29.5. The molecule has 0 fully saturated rings. The van der Waals surface area contributed by atoms with Crippen LogP contribution >= 0.6 is 0 Å². The zero-order valence-corrected chi connectivity index (χ0v) is 11.3. The van der Waals surface area contributed by atoms with Gasteiger partial charge in [0.1, 0.15) is 0 Å². The second-order valence-corrected chi connectivity index (χ2v) is 1.84. The van der Waals surface area contributed by atoms with Gasteiger partial charge in [0.25, 0.3) is 0 Å². The molecule has 0 aromatic carbocycles. The summed E-state index contributed by atoms with van der Waals surface area (Å²) < 4.78 is 76.0. The Kier molecular flexibility index (Phi) is 50.5. The Morgan fingerprint density at radius 1 is 0.500 bits per heavy atom. The fourth-order valence-corrected chi connectivity index (χ4v) is 0. The summed E-state index contributed by atoms with van der Waals surface area (Å²) in [6.07, 6.45) is 0. The Hall–Kier alpha value is 1.46. The largest absolute Gasteiger partial charge is 3.00 e. The molecule has 0 heterocycles. The van der Waals surface area contributed by atoms with Crippen LogP contribution in [0.5, 0.6) is 0 Å². The van der Waals surface area contributed by atoms with E-state index in [2.05, 4.69) is 0 Å². The molecule has 0 spiro atoms. The smallest absolute Gasteiger partial charge is 0.784 e. The predicted octanol–water partition coefficient (Wildman–Crippen LogP) is -3.02. The molecule has 14 heteroatoms. The molecule has 0 atom stereocenters. The minimum absolute atomic E-state index is 0. The van der Waals surface area contributed by atoms with Crippen LogP contribution < -0.4 is 0 Å². The van der Waals surface area contributed by atoms with Gasteiger partial charge in [-0.25, -0.2) is 0 Å². The van der Waals surface area contributed by atoms with Crippen LogP contribution in [-0.4, -0.2) is 39.9 Å². The quantitative estimate of drug-likeness (QED) is 0.275. The molecular weight excluding hydrogens is 446 g/mol. The van der Waals surface area contributed by atoms with E-state index in [1.807, 2.05) is 0 Å². The molecule has 0 aromatic rings. The normalized spacial score (nSPS) is 7.50. The predicted molar refractivity (Wildman–Crippen MR) is 29.1 cm³/mol.